The minimum Gasteiger partial charge on any atom is -0.477 e. The van der Waals surface area contributed by atoms with Crippen LogP contribution in [0.25, 0.3) is 11.8 Å². The van der Waals surface area contributed by atoms with Crippen LogP contribution >= 0.6 is 0 Å². The second-order valence-electron chi connectivity index (χ2n) is 10.3. The Morgan fingerprint density at radius 1 is 1.17 bits per heavy atom. The Morgan fingerprint density at radius 2 is 1.94 bits per heavy atom. The van der Waals surface area contributed by atoms with E-state index in [-0.39, 0.29) is 11.9 Å². The van der Waals surface area contributed by atoms with E-state index in [1.165, 1.54) is 17.7 Å². The summed E-state index contributed by atoms with van der Waals surface area (Å²) in [6, 6.07) is 8.14. The molecule has 9 heteroatoms. The van der Waals surface area contributed by atoms with Crippen molar-refractivity contribution >= 4 is 12.2 Å². The molecule has 1 fully saturated rings. The number of amides is 1. The van der Waals surface area contributed by atoms with Crippen LogP contribution in [0.1, 0.15) is 38.4 Å². The summed E-state index contributed by atoms with van der Waals surface area (Å²) in [4.78, 5) is 14.7. The summed E-state index contributed by atoms with van der Waals surface area (Å²) in [5.41, 5.74) is 3.04. The van der Waals surface area contributed by atoms with Crippen LogP contribution in [-0.2, 0) is 18.2 Å². The molecule has 0 unspecified atom stereocenters. The minimum atomic E-state index is -0.568. The predicted octanol–water partition coefficient (Wildman–Crippen LogP) is 4.39. The van der Waals surface area contributed by atoms with Gasteiger partial charge in [-0.3, -0.25) is 0 Å². The van der Waals surface area contributed by atoms with Gasteiger partial charge in [-0.15, -0.1) is 0 Å². The molecule has 3 aromatic rings. The average Bonchev–Trinajstić information content (AvgIpc) is 3.40. The number of fused-ring (bicyclic) bond motifs is 2. The number of aromatic nitrogens is 4. The van der Waals surface area contributed by atoms with Crippen LogP contribution in [0, 0.1) is 11.2 Å². The highest BCUT2D eigenvalue weighted by atomic mass is 19.1. The molecule has 8 nitrogen and oxygen atoms in total. The van der Waals surface area contributed by atoms with Crippen molar-refractivity contribution in [3.63, 3.8) is 0 Å². The van der Waals surface area contributed by atoms with E-state index >= 15 is 0 Å². The maximum Gasteiger partial charge on any atom is 0.410 e. The third kappa shape index (κ3) is 4.54. The molecule has 35 heavy (non-hydrogen) atoms. The maximum atomic E-state index is 13.5. The molecular weight excluding hydrogens is 449 g/mol. The third-order valence-electron chi connectivity index (χ3n) is 6.55. The lowest BCUT2D eigenvalue weighted by Crippen LogP contribution is -2.53. The van der Waals surface area contributed by atoms with Gasteiger partial charge in [0.25, 0.3) is 0 Å². The van der Waals surface area contributed by atoms with Crippen LogP contribution < -0.4 is 4.74 Å². The van der Waals surface area contributed by atoms with Gasteiger partial charge in [0, 0.05) is 31.6 Å². The Hall–Kier alpha value is -3.62. The lowest BCUT2D eigenvalue weighted by atomic mass is 9.69. The van der Waals surface area contributed by atoms with E-state index in [2.05, 4.69) is 16.3 Å². The van der Waals surface area contributed by atoms with Crippen molar-refractivity contribution in [2.45, 2.75) is 39.2 Å². The number of nitrogens with zero attached hydrogens (tertiary/aromatic N) is 5. The van der Waals surface area contributed by atoms with E-state index in [9.17, 15) is 9.18 Å². The molecule has 184 valence electrons. The van der Waals surface area contributed by atoms with Gasteiger partial charge in [0.2, 0.25) is 5.88 Å². The summed E-state index contributed by atoms with van der Waals surface area (Å²) in [5.74, 6) is 0.384. The molecule has 1 saturated heterocycles. The molecule has 0 spiro atoms. The third-order valence-corrected chi connectivity index (χ3v) is 6.55. The average molecular weight is 480 g/mol. The molecule has 1 aliphatic heterocycles. The number of aryl methyl sites for hydroxylation is 1. The zero-order valence-corrected chi connectivity index (χ0v) is 20.5. The van der Waals surface area contributed by atoms with E-state index in [0.29, 0.717) is 38.4 Å². The number of carbonyl (C=O) groups is 1. The molecule has 2 aromatic heterocycles. The first-order valence-electron chi connectivity index (χ1n) is 11.8. The highest BCUT2D eigenvalue weighted by Crippen LogP contribution is 2.45. The number of piperidine rings is 1. The highest BCUT2D eigenvalue weighted by molar-refractivity contribution is 5.70. The number of hydrogen-bond donors (Lipinski definition) is 0. The van der Waals surface area contributed by atoms with Gasteiger partial charge in [-0.2, -0.15) is 10.2 Å². The molecule has 3 heterocycles. The second-order valence-corrected chi connectivity index (χ2v) is 10.3. The first kappa shape index (κ1) is 23.1. The van der Waals surface area contributed by atoms with E-state index in [1.54, 1.807) is 27.9 Å². The minimum absolute atomic E-state index is 0.283. The smallest absolute Gasteiger partial charge is 0.410 e. The van der Waals surface area contributed by atoms with Crippen molar-refractivity contribution < 1.29 is 18.7 Å². The number of halogens is 1. The normalized spacial score (nSPS) is 19.6. The molecule has 0 saturated carbocycles. The van der Waals surface area contributed by atoms with Gasteiger partial charge in [0.1, 0.15) is 18.0 Å². The Labute approximate surface area is 203 Å². The van der Waals surface area contributed by atoms with E-state index in [0.717, 1.165) is 16.9 Å². The number of benzene rings is 1. The van der Waals surface area contributed by atoms with Gasteiger partial charge in [-0.25, -0.2) is 18.5 Å². The second kappa shape index (κ2) is 8.55. The summed E-state index contributed by atoms with van der Waals surface area (Å²) in [7, 11) is 1.84. The van der Waals surface area contributed by atoms with Crippen LogP contribution in [0.15, 0.2) is 48.3 Å². The van der Waals surface area contributed by atoms with Gasteiger partial charge in [-0.05, 0) is 69.5 Å². The molecule has 1 aliphatic carbocycles. The predicted molar refractivity (Wildman–Crippen MR) is 129 cm³/mol. The largest absolute Gasteiger partial charge is 0.477 e. The fourth-order valence-corrected chi connectivity index (χ4v) is 4.85. The topological polar surface area (TPSA) is 74.4 Å². The summed E-state index contributed by atoms with van der Waals surface area (Å²) in [5, 5.41) is 8.80. The first-order chi connectivity index (χ1) is 16.6. The van der Waals surface area contributed by atoms with Crippen molar-refractivity contribution in [1.82, 2.24) is 24.5 Å². The van der Waals surface area contributed by atoms with Crippen molar-refractivity contribution in [2.24, 2.45) is 12.5 Å². The monoisotopic (exact) mass is 479 g/mol. The summed E-state index contributed by atoms with van der Waals surface area (Å²) >= 11 is 0. The lowest BCUT2D eigenvalue weighted by Gasteiger charge is -2.46. The zero-order valence-electron chi connectivity index (χ0n) is 20.5. The van der Waals surface area contributed by atoms with Crippen LogP contribution in [0.4, 0.5) is 9.18 Å². The number of ether oxygens (including phenoxy) is 2. The first-order valence-corrected chi connectivity index (χ1v) is 11.8. The van der Waals surface area contributed by atoms with Gasteiger partial charge in [-0.1, -0.05) is 5.57 Å². The molecular formula is C26H30FN5O3. The molecule has 0 radical (unpaired) electrons. The number of carbonyl (C=O) groups excluding carboxylic acids is 1. The Kier molecular flexibility index (Phi) is 5.65. The maximum absolute atomic E-state index is 13.5. The van der Waals surface area contributed by atoms with Crippen molar-refractivity contribution in [3.05, 3.63) is 65.4 Å². The van der Waals surface area contributed by atoms with Crippen LogP contribution in [0.3, 0.4) is 0 Å². The quantitative estimate of drug-likeness (QED) is 0.555. The molecule has 1 aromatic carbocycles. The Morgan fingerprint density at radius 3 is 2.63 bits per heavy atom. The molecule has 5 rings (SSSR count). The van der Waals surface area contributed by atoms with E-state index < -0.39 is 11.0 Å². The van der Waals surface area contributed by atoms with Crippen LogP contribution in [0.5, 0.6) is 5.88 Å². The van der Waals surface area contributed by atoms with Crippen LogP contribution in [0.2, 0.25) is 0 Å². The molecule has 0 N–H and O–H groups in total. The fraction of sp³-hybridized carbons (Fsp3) is 0.423. The Bertz CT molecular complexity index is 1270. The molecule has 2 aliphatic rings. The fourth-order valence-electron chi connectivity index (χ4n) is 4.85. The zero-order chi connectivity index (χ0) is 24.8. The van der Waals surface area contributed by atoms with Crippen molar-refractivity contribution in [3.8, 4) is 11.6 Å². The lowest BCUT2D eigenvalue weighted by molar-refractivity contribution is 0.00700. The van der Waals surface area contributed by atoms with Crippen molar-refractivity contribution in [1.29, 1.82) is 0 Å². The highest BCUT2D eigenvalue weighted by Gasteiger charge is 2.46. The number of hydrogen-bond acceptors (Lipinski definition) is 5. The van der Waals surface area contributed by atoms with Gasteiger partial charge in [0.15, 0.2) is 0 Å². The SMILES string of the molecule is Cn1nccc1OC[C@]12Cc3cnn(-c4ccc(F)cc4)c3C=C1CCN(C(=O)OC(C)(C)C)C2. The summed E-state index contributed by atoms with van der Waals surface area (Å²) < 4.78 is 28.9. The number of rotatable bonds is 4. The number of likely N-dealkylation sites (tertiary alicyclic amines) is 1. The molecule has 1 atom stereocenters. The molecule has 0 bridgehead atoms. The van der Waals surface area contributed by atoms with Crippen molar-refractivity contribution in [2.75, 3.05) is 19.7 Å². The van der Waals surface area contributed by atoms with Crippen LogP contribution in [-0.4, -0.2) is 55.9 Å². The van der Waals surface area contributed by atoms with Gasteiger partial charge in [0.05, 0.1) is 23.8 Å². The van der Waals surface area contributed by atoms with E-state index in [1.807, 2.05) is 44.8 Å². The molecule has 1 amide bonds. The van der Waals surface area contributed by atoms with Gasteiger partial charge >= 0.3 is 6.09 Å². The Balaban J connectivity index is 1.48. The van der Waals surface area contributed by atoms with E-state index in [4.69, 9.17) is 9.47 Å². The standard InChI is InChI=1S/C26H30FN5O3/c1-25(2,3)35-24(33)31-12-10-19-13-22-18(15-29-32(22)21-7-5-20(27)6-8-21)14-26(19,16-31)17-34-23-9-11-28-30(23)4/h5-9,11,13,15H,10,12,14,16-17H2,1-4H3/t26-/m1/s1. The summed E-state index contributed by atoms with van der Waals surface area (Å²) in [6.45, 7) is 7.05. The summed E-state index contributed by atoms with van der Waals surface area (Å²) in [6.07, 6.45) is 6.75. The van der Waals surface area contributed by atoms with Gasteiger partial charge < -0.3 is 14.4 Å².